The Bertz CT molecular complexity index is 698. The maximum absolute atomic E-state index is 12.1. The number of anilines is 1. The van der Waals surface area contributed by atoms with Crippen LogP contribution in [0.25, 0.3) is 0 Å². The van der Waals surface area contributed by atoms with Crippen molar-refractivity contribution in [2.24, 2.45) is 0 Å². The number of hydrogen-bond acceptors (Lipinski definition) is 3. The van der Waals surface area contributed by atoms with Crippen LogP contribution in [0.15, 0.2) is 42.7 Å². The number of carbonyl (C=O) groups excluding carboxylic acids is 1. The number of pyridine rings is 1. The quantitative estimate of drug-likeness (QED) is 0.729. The Balaban J connectivity index is 2.12. The molecule has 1 heterocycles. The molecule has 0 fully saturated rings. The van der Waals surface area contributed by atoms with E-state index in [1.807, 2.05) is 6.92 Å². The maximum atomic E-state index is 12.1. The molecule has 6 heteroatoms. The SMILES string of the molecule is Cc1c[n+](CNC(=O)c2ccccc2C(=O)O)ccc1N. The first-order chi connectivity index (χ1) is 9.99. The lowest BCUT2D eigenvalue weighted by Gasteiger charge is -2.06. The second-order valence-electron chi connectivity index (χ2n) is 4.61. The molecule has 0 aliphatic rings. The zero-order valence-corrected chi connectivity index (χ0v) is 11.5. The standard InChI is InChI=1S/C15H15N3O3/c1-10-8-18(7-6-13(10)16)9-17-14(19)11-4-2-3-5-12(11)15(20)21/h2-8,16H,9H2,1H3,(H2,17,19,20,21)/p+1. The Morgan fingerprint density at radius 2 is 1.90 bits per heavy atom. The van der Waals surface area contributed by atoms with Gasteiger partial charge in [0, 0.05) is 17.3 Å². The first-order valence-corrected chi connectivity index (χ1v) is 6.34. The van der Waals surface area contributed by atoms with Crippen molar-refractivity contribution in [1.29, 1.82) is 0 Å². The van der Waals surface area contributed by atoms with Crippen molar-refractivity contribution in [3.8, 4) is 0 Å². The summed E-state index contributed by atoms with van der Waals surface area (Å²) < 4.78 is 1.76. The maximum Gasteiger partial charge on any atom is 0.336 e. The van der Waals surface area contributed by atoms with Crippen LogP contribution in [0.2, 0.25) is 0 Å². The number of benzene rings is 1. The van der Waals surface area contributed by atoms with E-state index in [1.165, 1.54) is 12.1 Å². The van der Waals surface area contributed by atoms with E-state index in [2.05, 4.69) is 5.32 Å². The van der Waals surface area contributed by atoms with Gasteiger partial charge in [0.1, 0.15) is 0 Å². The summed E-state index contributed by atoms with van der Waals surface area (Å²) in [5.74, 6) is -1.56. The van der Waals surface area contributed by atoms with Crippen LogP contribution in [0.4, 0.5) is 5.69 Å². The molecule has 2 aromatic rings. The van der Waals surface area contributed by atoms with Crippen molar-refractivity contribution in [2.75, 3.05) is 5.73 Å². The third-order valence-electron chi connectivity index (χ3n) is 3.08. The third-order valence-corrected chi connectivity index (χ3v) is 3.08. The van der Waals surface area contributed by atoms with Crippen LogP contribution in [0.5, 0.6) is 0 Å². The molecule has 21 heavy (non-hydrogen) atoms. The van der Waals surface area contributed by atoms with Gasteiger partial charge in [-0.1, -0.05) is 12.1 Å². The zero-order chi connectivity index (χ0) is 15.4. The Morgan fingerprint density at radius 3 is 2.52 bits per heavy atom. The van der Waals surface area contributed by atoms with Crippen LogP contribution in [0.1, 0.15) is 26.3 Å². The number of aromatic nitrogens is 1. The van der Waals surface area contributed by atoms with E-state index in [4.69, 9.17) is 10.8 Å². The monoisotopic (exact) mass is 286 g/mol. The first kappa shape index (κ1) is 14.5. The van der Waals surface area contributed by atoms with Crippen molar-refractivity contribution < 1.29 is 19.3 Å². The number of carboxylic acids is 1. The summed E-state index contributed by atoms with van der Waals surface area (Å²) in [5, 5.41) is 11.7. The number of carbonyl (C=O) groups is 2. The molecule has 1 amide bonds. The fourth-order valence-electron chi connectivity index (χ4n) is 1.90. The molecular weight excluding hydrogens is 270 g/mol. The fourth-order valence-corrected chi connectivity index (χ4v) is 1.90. The molecule has 0 radical (unpaired) electrons. The van der Waals surface area contributed by atoms with E-state index in [-0.39, 0.29) is 17.8 Å². The molecule has 0 bridgehead atoms. The average Bonchev–Trinajstić information content (AvgIpc) is 2.48. The molecule has 2 rings (SSSR count). The highest BCUT2D eigenvalue weighted by Crippen LogP contribution is 2.08. The summed E-state index contributed by atoms with van der Waals surface area (Å²) in [7, 11) is 0. The molecule has 0 aliphatic heterocycles. The van der Waals surface area contributed by atoms with Crippen LogP contribution in [0, 0.1) is 6.92 Å². The Kier molecular flexibility index (Phi) is 4.18. The molecule has 1 aromatic carbocycles. The minimum atomic E-state index is -1.13. The highest BCUT2D eigenvalue weighted by molar-refractivity contribution is 6.04. The Labute approximate surface area is 121 Å². The van der Waals surface area contributed by atoms with Crippen LogP contribution in [-0.2, 0) is 6.67 Å². The Hall–Kier alpha value is -2.89. The van der Waals surface area contributed by atoms with Crippen LogP contribution >= 0.6 is 0 Å². The smallest absolute Gasteiger partial charge is 0.336 e. The summed E-state index contributed by atoms with van der Waals surface area (Å²) in [5.41, 5.74) is 7.42. The number of hydrogen-bond donors (Lipinski definition) is 3. The molecule has 0 spiro atoms. The number of nitrogens with two attached hydrogens (primary N) is 1. The summed E-state index contributed by atoms with van der Waals surface area (Å²) in [4.78, 5) is 23.2. The summed E-state index contributed by atoms with van der Waals surface area (Å²) in [6.45, 7) is 2.10. The highest BCUT2D eigenvalue weighted by Gasteiger charge is 2.16. The van der Waals surface area contributed by atoms with Crippen molar-refractivity contribution in [3.63, 3.8) is 0 Å². The van der Waals surface area contributed by atoms with Gasteiger partial charge in [0.15, 0.2) is 12.4 Å². The lowest BCUT2D eigenvalue weighted by Crippen LogP contribution is -2.43. The molecular formula is C15H16N3O3+. The van der Waals surface area contributed by atoms with Crippen LogP contribution < -0.4 is 15.6 Å². The van der Waals surface area contributed by atoms with Crippen LogP contribution in [0.3, 0.4) is 0 Å². The van der Waals surface area contributed by atoms with Crippen molar-refractivity contribution in [2.45, 2.75) is 13.6 Å². The van der Waals surface area contributed by atoms with Gasteiger partial charge in [-0.05, 0) is 19.1 Å². The van der Waals surface area contributed by atoms with E-state index >= 15 is 0 Å². The van der Waals surface area contributed by atoms with E-state index in [0.29, 0.717) is 5.69 Å². The lowest BCUT2D eigenvalue weighted by atomic mass is 10.1. The summed E-state index contributed by atoms with van der Waals surface area (Å²) in [6, 6.07) is 7.84. The van der Waals surface area contributed by atoms with Gasteiger partial charge in [0.05, 0.1) is 11.1 Å². The average molecular weight is 286 g/mol. The number of aryl methyl sites for hydroxylation is 1. The predicted octanol–water partition coefficient (Wildman–Crippen LogP) is 0.950. The first-order valence-electron chi connectivity index (χ1n) is 6.34. The predicted molar refractivity (Wildman–Crippen MR) is 76.7 cm³/mol. The van der Waals surface area contributed by atoms with Gasteiger partial charge >= 0.3 is 5.97 Å². The van der Waals surface area contributed by atoms with Gasteiger partial charge in [0.25, 0.3) is 5.91 Å². The molecule has 108 valence electrons. The number of nitrogen functional groups attached to an aromatic ring is 1. The topological polar surface area (TPSA) is 96.3 Å². The lowest BCUT2D eigenvalue weighted by molar-refractivity contribution is -0.700. The number of carboxylic acid groups (broad SMARTS) is 1. The molecule has 6 nitrogen and oxygen atoms in total. The number of nitrogens with one attached hydrogen (secondary N) is 1. The molecule has 1 aromatic heterocycles. The van der Waals surface area contributed by atoms with E-state index < -0.39 is 11.9 Å². The van der Waals surface area contributed by atoms with Gasteiger partial charge in [-0.3, -0.25) is 10.1 Å². The number of rotatable bonds is 4. The number of amides is 1. The second kappa shape index (κ2) is 6.04. The minimum absolute atomic E-state index is 0.0199. The van der Waals surface area contributed by atoms with Crippen molar-refractivity contribution in [3.05, 3.63) is 59.4 Å². The summed E-state index contributed by atoms with van der Waals surface area (Å²) >= 11 is 0. The van der Waals surface area contributed by atoms with Crippen LogP contribution in [-0.4, -0.2) is 17.0 Å². The van der Waals surface area contributed by atoms with E-state index in [9.17, 15) is 9.59 Å². The molecule has 0 atom stereocenters. The van der Waals surface area contributed by atoms with E-state index in [0.717, 1.165) is 5.56 Å². The van der Waals surface area contributed by atoms with Gasteiger partial charge < -0.3 is 10.8 Å². The minimum Gasteiger partial charge on any atom is -0.478 e. The molecule has 0 unspecified atom stereocenters. The normalized spacial score (nSPS) is 10.1. The van der Waals surface area contributed by atoms with Crippen molar-refractivity contribution in [1.82, 2.24) is 5.32 Å². The molecule has 0 aliphatic carbocycles. The van der Waals surface area contributed by atoms with E-state index in [1.54, 1.807) is 35.2 Å². The van der Waals surface area contributed by atoms with Gasteiger partial charge in [0.2, 0.25) is 6.67 Å². The third kappa shape index (κ3) is 3.36. The van der Waals surface area contributed by atoms with Gasteiger partial charge in [-0.2, -0.15) is 4.57 Å². The zero-order valence-electron chi connectivity index (χ0n) is 11.5. The Morgan fingerprint density at radius 1 is 1.24 bits per heavy atom. The highest BCUT2D eigenvalue weighted by atomic mass is 16.4. The number of aromatic carboxylic acids is 1. The second-order valence-corrected chi connectivity index (χ2v) is 4.61. The molecule has 4 N–H and O–H groups in total. The summed E-state index contributed by atoms with van der Waals surface area (Å²) in [6.07, 6.45) is 3.55. The molecule has 0 saturated carbocycles. The number of nitrogens with zero attached hydrogens (tertiary/aromatic N) is 1. The van der Waals surface area contributed by atoms with Crippen molar-refractivity contribution >= 4 is 17.6 Å². The largest absolute Gasteiger partial charge is 0.478 e. The van der Waals surface area contributed by atoms with Gasteiger partial charge in [-0.25, -0.2) is 4.79 Å². The van der Waals surface area contributed by atoms with Gasteiger partial charge in [-0.15, -0.1) is 0 Å². The fraction of sp³-hybridized carbons (Fsp3) is 0.133. The molecule has 0 saturated heterocycles.